The molecule has 0 bridgehead atoms. The lowest BCUT2D eigenvalue weighted by Gasteiger charge is -2.19. The molecule has 3 unspecified atom stereocenters. The molecule has 0 spiro atoms. The number of thiophene rings is 1. The molecule has 10 rings (SSSR count). The Bertz CT molecular complexity index is 2510. The van der Waals surface area contributed by atoms with Crippen molar-refractivity contribution >= 4 is 55.4 Å². The summed E-state index contributed by atoms with van der Waals surface area (Å²) >= 11 is 1.92. The predicted octanol–water partition coefficient (Wildman–Crippen LogP) is 9.52. The Morgan fingerprint density at radius 2 is 1.51 bits per heavy atom. The maximum absolute atomic E-state index is 6.41. The fourth-order valence-electron chi connectivity index (χ4n) is 7.90. The van der Waals surface area contributed by atoms with E-state index in [1.807, 2.05) is 11.3 Å². The number of nitrogens with zero attached hydrogens (tertiary/aromatic N) is 1. The van der Waals surface area contributed by atoms with Gasteiger partial charge in [0.25, 0.3) is 0 Å². The minimum absolute atomic E-state index is 0.0729. The lowest BCUT2D eigenvalue weighted by Crippen LogP contribution is -2.26. The average molecular weight is 596 g/mol. The van der Waals surface area contributed by atoms with Crippen LogP contribution in [-0.4, -0.2) is 10.7 Å². The number of hydrogen-bond acceptors (Lipinski definition) is 2. The SMILES string of the molecule is C1=CC2Oc3cccc(-c4cccc5sc6c(c45)=CC(n4c5ccccc5c5cc(-c7ccccc7)ccc54)CC=6)c3C2C=C1. The molecule has 1 aliphatic heterocycles. The number of fused-ring (bicyclic) bond motifs is 9. The predicted molar refractivity (Wildman–Crippen MR) is 189 cm³/mol. The third kappa shape index (κ3) is 3.74. The number of para-hydroxylation sites is 1. The Hall–Kier alpha value is -5.12. The van der Waals surface area contributed by atoms with Crippen LogP contribution in [0.2, 0.25) is 0 Å². The van der Waals surface area contributed by atoms with Gasteiger partial charge in [-0.15, -0.1) is 11.3 Å². The van der Waals surface area contributed by atoms with E-state index in [0.29, 0.717) is 0 Å². The van der Waals surface area contributed by atoms with Crippen LogP contribution in [0.15, 0.2) is 133 Å². The van der Waals surface area contributed by atoms with Gasteiger partial charge in [0.15, 0.2) is 0 Å². The van der Waals surface area contributed by atoms with Gasteiger partial charge in [-0.1, -0.05) is 109 Å². The minimum atomic E-state index is 0.0729. The summed E-state index contributed by atoms with van der Waals surface area (Å²) in [5, 5.41) is 5.34. The molecule has 214 valence electrons. The van der Waals surface area contributed by atoms with Gasteiger partial charge in [0.2, 0.25) is 0 Å². The molecule has 2 nitrogen and oxygen atoms in total. The molecule has 0 saturated carbocycles. The van der Waals surface area contributed by atoms with Crippen LogP contribution in [0.3, 0.4) is 0 Å². The number of benzene rings is 5. The van der Waals surface area contributed by atoms with Gasteiger partial charge in [0.1, 0.15) is 11.9 Å². The van der Waals surface area contributed by atoms with E-state index < -0.39 is 0 Å². The summed E-state index contributed by atoms with van der Waals surface area (Å²) in [6, 6.07) is 40.2. The summed E-state index contributed by atoms with van der Waals surface area (Å²) in [4.78, 5) is 0. The van der Waals surface area contributed by atoms with Gasteiger partial charge in [-0.25, -0.2) is 0 Å². The zero-order chi connectivity index (χ0) is 29.5. The van der Waals surface area contributed by atoms with E-state index in [9.17, 15) is 0 Å². The summed E-state index contributed by atoms with van der Waals surface area (Å²) in [5.74, 6) is 1.25. The highest BCUT2D eigenvalue weighted by Crippen LogP contribution is 2.47. The fourth-order valence-corrected chi connectivity index (χ4v) is 9.07. The summed E-state index contributed by atoms with van der Waals surface area (Å²) < 4.78 is 11.7. The van der Waals surface area contributed by atoms with E-state index in [1.165, 1.54) is 69.5 Å². The number of allylic oxidation sites excluding steroid dienone is 2. The Balaban J connectivity index is 1.18. The Morgan fingerprint density at radius 1 is 0.689 bits per heavy atom. The number of rotatable bonds is 3. The van der Waals surface area contributed by atoms with Crippen molar-refractivity contribution in [2.24, 2.45) is 0 Å². The maximum atomic E-state index is 6.41. The zero-order valence-electron chi connectivity index (χ0n) is 24.6. The minimum Gasteiger partial charge on any atom is -0.485 e. The molecule has 2 aliphatic carbocycles. The third-order valence-corrected chi connectivity index (χ3v) is 11.0. The van der Waals surface area contributed by atoms with Crippen molar-refractivity contribution < 1.29 is 4.74 Å². The van der Waals surface area contributed by atoms with Crippen molar-refractivity contribution in [1.82, 2.24) is 4.57 Å². The molecule has 0 fully saturated rings. The summed E-state index contributed by atoms with van der Waals surface area (Å²) in [5.41, 5.74) is 8.97. The largest absolute Gasteiger partial charge is 0.485 e. The highest BCUT2D eigenvalue weighted by Gasteiger charge is 2.34. The molecule has 7 aromatic rings. The highest BCUT2D eigenvalue weighted by atomic mass is 32.1. The second kappa shape index (κ2) is 9.69. The van der Waals surface area contributed by atoms with Crippen molar-refractivity contribution in [3.05, 3.63) is 149 Å². The van der Waals surface area contributed by atoms with E-state index >= 15 is 0 Å². The van der Waals surface area contributed by atoms with E-state index in [0.717, 1.165) is 12.2 Å². The monoisotopic (exact) mass is 595 g/mol. The molecule has 3 heteroatoms. The second-order valence-electron chi connectivity index (χ2n) is 12.3. The van der Waals surface area contributed by atoms with Gasteiger partial charge >= 0.3 is 0 Å². The van der Waals surface area contributed by atoms with Gasteiger partial charge in [0.05, 0.1) is 6.04 Å². The van der Waals surface area contributed by atoms with Crippen LogP contribution in [0, 0.1) is 0 Å². The van der Waals surface area contributed by atoms with Crippen molar-refractivity contribution in [3.8, 4) is 28.0 Å². The van der Waals surface area contributed by atoms with Crippen molar-refractivity contribution in [2.75, 3.05) is 0 Å². The quantitative estimate of drug-likeness (QED) is 0.198. The first-order valence-electron chi connectivity index (χ1n) is 15.8. The van der Waals surface area contributed by atoms with Crippen molar-refractivity contribution in [2.45, 2.75) is 24.5 Å². The topological polar surface area (TPSA) is 14.2 Å². The molecule has 3 aliphatic rings. The average Bonchev–Trinajstić information content (AvgIpc) is 3.77. The van der Waals surface area contributed by atoms with Gasteiger partial charge in [-0.3, -0.25) is 0 Å². The maximum Gasteiger partial charge on any atom is 0.128 e. The molecular formula is C42H29NOS. The Morgan fingerprint density at radius 3 is 2.47 bits per heavy atom. The van der Waals surface area contributed by atoms with Crippen LogP contribution in [0.4, 0.5) is 0 Å². The molecule has 3 heterocycles. The third-order valence-electron chi connectivity index (χ3n) is 9.87. The van der Waals surface area contributed by atoms with Crippen molar-refractivity contribution in [3.63, 3.8) is 0 Å². The number of hydrogen-bond donors (Lipinski definition) is 0. The van der Waals surface area contributed by atoms with E-state index in [1.54, 1.807) is 0 Å². The standard InChI is InChI=1S/C42H29NOS/c1-2-10-26(11-3-1)27-20-22-36-33(24-27)29-12-4-6-16-35(29)43(36)28-21-23-39-34(25-28)42-31(15-9-19-40(42)45-39)30-14-8-18-38-41(30)32-13-5-7-17-37(32)44-38/h1-20,22-25,28,32,37H,21H2. The lowest BCUT2D eigenvalue weighted by atomic mass is 9.85. The van der Waals surface area contributed by atoms with Gasteiger partial charge in [-0.2, -0.15) is 0 Å². The molecule has 45 heavy (non-hydrogen) atoms. The van der Waals surface area contributed by atoms with Crippen LogP contribution in [0.25, 0.3) is 66.3 Å². The molecule has 0 amide bonds. The van der Waals surface area contributed by atoms with E-state index in [4.69, 9.17) is 4.74 Å². The van der Waals surface area contributed by atoms with Crippen LogP contribution in [0.5, 0.6) is 5.75 Å². The molecule has 5 aromatic carbocycles. The van der Waals surface area contributed by atoms with Crippen LogP contribution in [-0.2, 0) is 0 Å². The molecule has 0 N–H and O–H groups in total. The smallest absolute Gasteiger partial charge is 0.128 e. The molecular weight excluding hydrogens is 567 g/mol. The fraction of sp³-hybridized carbons (Fsp3) is 0.0952. The zero-order valence-corrected chi connectivity index (χ0v) is 25.4. The van der Waals surface area contributed by atoms with Crippen LogP contribution in [0.1, 0.15) is 23.9 Å². The summed E-state index contributed by atoms with van der Waals surface area (Å²) in [7, 11) is 0. The van der Waals surface area contributed by atoms with Crippen LogP contribution < -0.4 is 14.5 Å². The molecule has 2 aromatic heterocycles. The van der Waals surface area contributed by atoms with Crippen LogP contribution >= 0.6 is 11.3 Å². The molecule has 0 saturated heterocycles. The first-order valence-corrected chi connectivity index (χ1v) is 16.6. The molecule has 0 radical (unpaired) electrons. The van der Waals surface area contributed by atoms with E-state index in [2.05, 4.69) is 150 Å². The molecule has 3 atom stereocenters. The summed E-state index contributed by atoms with van der Waals surface area (Å²) in [6.07, 6.45) is 14.8. The summed E-state index contributed by atoms with van der Waals surface area (Å²) in [6.45, 7) is 0. The van der Waals surface area contributed by atoms with Gasteiger partial charge in [-0.05, 0) is 70.3 Å². The van der Waals surface area contributed by atoms with Gasteiger partial charge in [0, 0.05) is 47.9 Å². The highest BCUT2D eigenvalue weighted by molar-refractivity contribution is 7.17. The first kappa shape index (κ1) is 25.2. The number of aromatic nitrogens is 1. The van der Waals surface area contributed by atoms with Crippen molar-refractivity contribution in [1.29, 1.82) is 0 Å². The normalized spacial score (nSPS) is 19.6. The lowest BCUT2D eigenvalue weighted by molar-refractivity contribution is 0.269. The number of ether oxygens (including phenoxy) is 1. The first-order chi connectivity index (χ1) is 22.3. The van der Waals surface area contributed by atoms with Gasteiger partial charge < -0.3 is 9.30 Å². The van der Waals surface area contributed by atoms with E-state index in [-0.39, 0.29) is 18.1 Å². The second-order valence-corrected chi connectivity index (χ2v) is 13.4. The Labute approximate surface area is 265 Å². The Kier molecular flexibility index (Phi) is 5.43.